The lowest BCUT2D eigenvalue weighted by atomic mass is 10.4. The average molecular weight is 283 g/mol. The van der Waals surface area contributed by atoms with Gasteiger partial charge in [-0.2, -0.15) is 4.98 Å². The molecule has 6 nitrogen and oxygen atoms in total. The van der Waals surface area contributed by atoms with Gasteiger partial charge in [0.05, 0.1) is 12.0 Å². The van der Waals surface area contributed by atoms with Crippen LogP contribution < -0.4 is 5.73 Å². The molecular formula is C12H15ClN4O2. The first-order chi connectivity index (χ1) is 9.11. The van der Waals surface area contributed by atoms with E-state index in [1.807, 2.05) is 6.92 Å². The lowest BCUT2D eigenvalue weighted by Crippen LogP contribution is -2.14. The number of esters is 1. The van der Waals surface area contributed by atoms with Gasteiger partial charge >= 0.3 is 5.97 Å². The molecule has 0 radical (unpaired) electrons. The van der Waals surface area contributed by atoms with E-state index in [4.69, 9.17) is 22.1 Å². The molecule has 2 aromatic heterocycles. The van der Waals surface area contributed by atoms with E-state index in [2.05, 4.69) is 9.97 Å². The number of nitrogen functional groups attached to an aromatic ring is 1. The van der Waals surface area contributed by atoms with E-state index in [1.165, 1.54) is 0 Å². The number of aromatic nitrogens is 3. The molecule has 19 heavy (non-hydrogen) atoms. The van der Waals surface area contributed by atoms with Gasteiger partial charge in [-0.1, -0.05) is 13.3 Å². The van der Waals surface area contributed by atoms with Crippen LogP contribution in [-0.4, -0.2) is 27.1 Å². The molecule has 0 saturated heterocycles. The summed E-state index contributed by atoms with van der Waals surface area (Å²) in [7, 11) is 0. The summed E-state index contributed by atoms with van der Waals surface area (Å²) in [5, 5.41) is 0.732. The molecule has 0 atom stereocenters. The number of nitrogens with two attached hydrogens (primary N) is 1. The molecule has 0 unspecified atom stereocenters. The second kappa shape index (κ2) is 5.88. The highest BCUT2D eigenvalue weighted by molar-refractivity contribution is 6.28. The summed E-state index contributed by atoms with van der Waals surface area (Å²) in [4.78, 5) is 19.6. The highest BCUT2D eigenvalue weighted by Gasteiger charge is 2.11. The van der Waals surface area contributed by atoms with E-state index in [1.54, 1.807) is 16.8 Å². The Balaban J connectivity index is 2.15. The molecule has 0 amide bonds. The van der Waals surface area contributed by atoms with Crippen LogP contribution in [0.4, 0.5) is 5.82 Å². The van der Waals surface area contributed by atoms with Crippen molar-refractivity contribution in [2.75, 3.05) is 12.3 Å². The van der Waals surface area contributed by atoms with Crippen molar-refractivity contribution in [1.82, 2.24) is 14.5 Å². The van der Waals surface area contributed by atoms with Gasteiger partial charge in [-0.15, -0.1) is 0 Å². The van der Waals surface area contributed by atoms with E-state index in [9.17, 15) is 4.79 Å². The minimum Gasteiger partial charge on any atom is -0.464 e. The highest BCUT2D eigenvalue weighted by Crippen LogP contribution is 2.20. The summed E-state index contributed by atoms with van der Waals surface area (Å²) < 4.78 is 6.74. The van der Waals surface area contributed by atoms with Crippen LogP contribution in [0.1, 0.15) is 19.8 Å². The second-order valence-electron chi connectivity index (χ2n) is 4.13. The molecule has 0 aliphatic carbocycles. The minimum absolute atomic E-state index is 0.0595. The molecule has 7 heteroatoms. The third-order valence-electron chi connectivity index (χ3n) is 2.68. The van der Waals surface area contributed by atoms with E-state index < -0.39 is 0 Å². The van der Waals surface area contributed by atoms with Crippen LogP contribution in [0.2, 0.25) is 5.28 Å². The van der Waals surface area contributed by atoms with E-state index in [-0.39, 0.29) is 17.8 Å². The molecule has 0 aliphatic rings. The van der Waals surface area contributed by atoms with Crippen molar-refractivity contribution in [3.63, 3.8) is 0 Å². The summed E-state index contributed by atoms with van der Waals surface area (Å²) in [6.45, 7) is 2.56. The number of unbranched alkanes of at least 4 members (excludes halogenated alkanes) is 1. The van der Waals surface area contributed by atoms with Crippen molar-refractivity contribution in [3.8, 4) is 0 Å². The molecule has 0 spiro atoms. The van der Waals surface area contributed by atoms with Crippen LogP contribution in [-0.2, 0) is 16.1 Å². The number of rotatable bonds is 5. The summed E-state index contributed by atoms with van der Waals surface area (Å²) in [6.07, 6.45) is 3.56. The number of ether oxygens (including phenoxy) is 1. The summed E-state index contributed by atoms with van der Waals surface area (Å²) in [6, 6.07) is 1.75. The fraction of sp³-hybridized carbons (Fsp3) is 0.417. The van der Waals surface area contributed by atoms with Crippen LogP contribution in [0.15, 0.2) is 12.3 Å². The second-order valence-corrected chi connectivity index (χ2v) is 4.47. The normalized spacial score (nSPS) is 10.8. The van der Waals surface area contributed by atoms with Crippen molar-refractivity contribution in [2.45, 2.75) is 26.3 Å². The van der Waals surface area contributed by atoms with Crippen LogP contribution in [0.3, 0.4) is 0 Å². The molecule has 2 heterocycles. The molecule has 2 rings (SSSR count). The number of hydrogen-bond donors (Lipinski definition) is 1. The van der Waals surface area contributed by atoms with Crippen molar-refractivity contribution in [2.24, 2.45) is 0 Å². The molecule has 102 valence electrons. The van der Waals surface area contributed by atoms with Crippen molar-refractivity contribution in [1.29, 1.82) is 0 Å². The smallest absolute Gasteiger partial charge is 0.326 e. The van der Waals surface area contributed by atoms with E-state index in [0.29, 0.717) is 23.5 Å². The Morgan fingerprint density at radius 2 is 2.32 bits per heavy atom. The predicted octanol–water partition coefficient (Wildman–Crippen LogP) is 2.01. The van der Waals surface area contributed by atoms with Gasteiger partial charge in [0.15, 0.2) is 0 Å². The van der Waals surface area contributed by atoms with Crippen LogP contribution in [0.5, 0.6) is 0 Å². The van der Waals surface area contributed by atoms with Gasteiger partial charge in [-0.3, -0.25) is 4.79 Å². The van der Waals surface area contributed by atoms with Crippen molar-refractivity contribution >= 4 is 34.4 Å². The number of fused-ring (bicyclic) bond motifs is 1. The van der Waals surface area contributed by atoms with Gasteiger partial charge < -0.3 is 15.0 Å². The number of nitrogens with zero attached hydrogens (tertiary/aromatic N) is 3. The SMILES string of the molecule is CCCCOC(=O)Cn1ccc2c(N)nc(Cl)nc21. The Labute approximate surface area is 115 Å². The predicted molar refractivity (Wildman–Crippen MR) is 72.8 cm³/mol. The summed E-state index contributed by atoms with van der Waals surface area (Å²) in [5.74, 6) is -0.00708. The lowest BCUT2D eigenvalue weighted by molar-refractivity contribution is -0.144. The first kappa shape index (κ1) is 13.6. The number of anilines is 1. The quantitative estimate of drug-likeness (QED) is 0.515. The first-order valence-electron chi connectivity index (χ1n) is 6.05. The zero-order chi connectivity index (χ0) is 13.8. The summed E-state index contributed by atoms with van der Waals surface area (Å²) in [5.41, 5.74) is 6.27. The molecule has 0 aromatic carbocycles. The Morgan fingerprint density at radius 1 is 1.53 bits per heavy atom. The standard InChI is InChI=1S/C12H15ClN4O2/c1-2-3-6-19-9(18)7-17-5-4-8-10(14)15-12(13)16-11(8)17/h4-5H,2-3,6-7H2,1H3,(H2,14,15,16). The third kappa shape index (κ3) is 3.14. The Morgan fingerprint density at radius 3 is 3.05 bits per heavy atom. The molecule has 0 saturated carbocycles. The summed E-state index contributed by atoms with van der Waals surface area (Å²) >= 11 is 5.76. The van der Waals surface area contributed by atoms with Gasteiger partial charge in [0.1, 0.15) is 18.0 Å². The zero-order valence-corrected chi connectivity index (χ0v) is 11.4. The number of carbonyl (C=O) groups excluding carboxylic acids is 1. The van der Waals surface area contributed by atoms with E-state index in [0.717, 1.165) is 12.8 Å². The molecule has 2 aromatic rings. The highest BCUT2D eigenvalue weighted by atomic mass is 35.5. The maximum absolute atomic E-state index is 11.6. The van der Waals surface area contributed by atoms with E-state index >= 15 is 0 Å². The van der Waals surface area contributed by atoms with Crippen molar-refractivity contribution in [3.05, 3.63) is 17.5 Å². The maximum Gasteiger partial charge on any atom is 0.326 e. The Hall–Kier alpha value is -1.82. The van der Waals surface area contributed by atoms with Gasteiger partial charge in [0.2, 0.25) is 5.28 Å². The van der Waals surface area contributed by atoms with Gasteiger partial charge in [-0.25, -0.2) is 4.98 Å². The van der Waals surface area contributed by atoms with Gasteiger partial charge in [-0.05, 0) is 24.1 Å². The van der Waals surface area contributed by atoms with Crippen LogP contribution in [0, 0.1) is 0 Å². The lowest BCUT2D eigenvalue weighted by Gasteiger charge is -2.06. The number of hydrogen-bond acceptors (Lipinski definition) is 5. The third-order valence-corrected chi connectivity index (χ3v) is 2.85. The van der Waals surface area contributed by atoms with Gasteiger partial charge in [0, 0.05) is 6.20 Å². The monoisotopic (exact) mass is 282 g/mol. The fourth-order valence-corrected chi connectivity index (χ4v) is 1.87. The largest absolute Gasteiger partial charge is 0.464 e. The Kier molecular flexibility index (Phi) is 4.21. The van der Waals surface area contributed by atoms with Gasteiger partial charge in [0.25, 0.3) is 0 Å². The maximum atomic E-state index is 11.6. The molecule has 0 fully saturated rings. The average Bonchev–Trinajstić information content (AvgIpc) is 2.73. The van der Waals surface area contributed by atoms with Crippen molar-refractivity contribution < 1.29 is 9.53 Å². The minimum atomic E-state index is -0.306. The molecular weight excluding hydrogens is 268 g/mol. The Bertz CT molecular complexity index is 597. The zero-order valence-electron chi connectivity index (χ0n) is 10.6. The van der Waals surface area contributed by atoms with Crippen LogP contribution in [0.25, 0.3) is 11.0 Å². The molecule has 2 N–H and O–H groups in total. The number of carbonyl (C=O) groups is 1. The molecule has 0 bridgehead atoms. The topological polar surface area (TPSA) is 83.0 Å². The number of halogens is 1. The first-order valence-corrected chi connectivity index (χ1v) is 6.43. The fourth-order valence-electron chi connectivity index (χ4n) is 1.70. The van der Waals surface area contributed by atoms with Crippen LogP contribution >= 0.6 is 11.6 Å². The molecule has 0 aliphatic heterocycles.